The molecule has 1 heterocycles. The van der Waals surface area contributed by atoms with Crippen LogP contribution in [0.1, 0.15) is 44.9 Å². The van der Waals surface area contributed by atoms with Crippen molar-refractivity contribution in [2.75, 3.05) is 0 Å². The fourth-order valence-corrected chi connectivity index (χ4v) is 2.54. The molecule has 0 spiro atoms. The Balaban J connectivity index is 2.07. The van der Waals surface area contributed by atoms with Crippen molar-refractivity contribution in [3.63, 3.8) is 0 Å². The zero-order valence-corrected chi connectivity index (χ0v) is 9.45. The van der Waals surface area contributed by atoms with E-state index >= 15 is 0 Å². The Hall–Kier alpha value is -1.19. The third-order valence-corrected chi connectivity index (χ3v) is 3.40. The largest absolute Gasteiger partial charge is 0.314 e. The number of carbonyl (C=O) groups excluding carboxylic acids is 2. The molecule has 2 rings (SSSR count). The normalized spacial score (nSPS) is 29.8. The molecule has 1 fully saturated rings. The lowest BCUT2D eigenvalue weighted by molar-refractivity contribution is -0.125. The van der Waals surface area contributed by atoms with Crippen LogP contribution in [0.3, 0.4) is 0 Å². The molecule has 1 amide bonds. The molecule has 0 aromatic carbocycles. The van der Waals surface area contributed by atoms with E-state index in [4.69, 9.17) is 0 Å². The number of fused-ring (bicyclic) bond motifs is 1. The highest BCUT2D eigenvalue weighted by atomic mass is 16.2. The summed E-state index contributed by atoms with van der Waals surface area (Å²) in [6, 6.07) is 0.165. The van der Waals surface area contributed by atoms with Gasteiger partial charge < -0.3 is 10.1 Å². The SMILES string of the molecule is O=CCCC1=NC2CCCCCC2C(=O)N1. The van der Waals surface area contributed by atoms with Gasteiger partial charge >= 0.3 is 0 Å². The minimum absolute atomic E-state index is 0.0717. The molecule has 4 heteroatoms. The maximum atomic E-state index is 11.9. The molecule has 0 aromatic heterocycles. The smallest absolute Gasteiger partial charge is 0.230 e. The van der Waals surface area contributed by atoms with Crippen molar-refractivity contribution < 1.29 is 9.59 Å². The number of carbonyl (C=O) groups is 2. The molecule has 4 nitrogen and oxygen atoms in total. The quantitative estimate of drug-likeness (QED) is 0.735. The highest BCUT2D eigenvalue weighted by Crippen LogP contribution is 2.28. The number of nitrogens with one attached hydrogen (secondary N) is 1. The van der Waals surface area contributed by atoms with Gasteiger partial charge in [-0.3, -0.25) is 9.79 Å². The summed E-state index contributed by atoms with van der Waals surface area (Å²) < 4.78 is 0. The molecule has 88 valence electrons. The molecular formula is C12H18N2O2. The minimum atomic E-state index is 0.0717. The van der Waals surface area contributed by atoms with Crippen molar-refractivity contribution in [1.82, 2.24) is 5.32 Å². The number of amidine groups is 1. The van der Waals surface area contributed by atoms with Crippen LogP contribution in [0.5, 0.6) is 0 Å². The van der Waals surface area contributed by atoms with Crippen molar-refractivity contribution in [2.24, 2.45) is 10.9 Å². The van der Waals surface area contributed by atoms with Crippen LogP contribution in [0.2, 0.25) is 0 Å². The first-order valence-electron chi connectivity index (χ1n) is 6.12. The predicted octanol–water partition coefficient (Wildman–Crippen LogP) is 1.44. The summed E-state index contributed by atoms with van der Waals surface area (Å²) >= 11 is 0. The number of amides is 1. The fourth-order valence-electron chi connectivity index (χ4n) is 2.54. The van der Waals surface area contributed by atoms with Crippen LogP contribution >= 0.6 is 0 Å². The van der Waals surface area contributed by atoms with Crippen molar-refractivity contribution in [2.45, 2.75) is 51.0 Å². The van der Waals surface area contributed by atoms with E-state index in [1.165, 1.54) is 12.8 Å². The van der Waals surface area contributed by atoms with Crippen molar-refractivity contribution in [3.8, 4) is 0 Å². The monoisotopic (exact) mass is 222 g/mol. The van der Waals surface area contributed by atoms with Crippen LogP contribution in [-0.4, -0.2) is 24.1 Å². The summed E-state index contributed by atoms with van der Waals surface area (Å²) in [6.45, 7) is 0. The first-order valence-corrected chi connectivity index (χ1v) is 6.12. The van der Waals surface area contributed by atoms with Crippen LogP contribution < -0.4 is 5.32 Å². The van der Waals surface area contributed by atoms with Gasteiger partial charge in [-0.15, -0.1) is 0 Å². The van der Waals surface area contributed by atoms with Gasteiger partial charge in [0.05, 0.1) is 12.0 Å². The molecular weight excluding hydrogens is 204 g/mol. The lowest BCUT2D eigenvalue weighted by Gasteiger charge is -2.27. The van der Waals surface area contributed by atoms with E-state index in [1.807, 2.05) is 0 Å². The van der Waals surface area contributed by atoms with Gasteiger partial charge in [-0.1, -0.05) is 19.3 Å². The summed E-state index contributed by atoms with van der Waals surface area (Å²) in [5.74, 6) is 0.894. The van der Waals surface area contributed by atoms with E-state index in [9.17, 15) is 9.59 Å². The first-order chi connectivity index (χ1) is 7.81. The molecule has 0 bridgehead atoms. The number of aliphatic imine (C=N–C) groups is 1. The standard InChI is InChI=1S/C12H18N2O2/c15-8-4-7-11-13-10-6-3-1-2-5-9(10)12(16)14-11/h8-10H,1-7H2,(H,13,14,16). The zero-order valence-electron chi connectivity index (χ0n) is 9.45. The zero-order chi connectivity index (χ0) is 11.4. The Morgan fingerprint density at radius 2 is 2.12 bits per heavy atom. The maximum Gasteiger partial charge on any atom is 0.230 e. The van der Waals surface area contributed by atoms with Gasteiger partial charge in [-0.25, -0.2) is 0 Å². The molecule has 1 aliphatic heterocycles. The second-order valence-electron chi connectivity index (χ2n) is 4.58. The van der Waals surface area contributed by atoms with E-state index in [-0.39, 0.29) is 17.9 Å². The Labute approximate surface area is 95.5 Å². The molecule has 1 N–H and O–H groups in total. The highest BCUT2D eigenvalue weighted by molar-refractivity contribution is 6.01. The summed E-state index contributed by atoms with van der Waals surface area (Å²) in [4.78, 5) is 26.8. The summed E-state index contributed by atoms with van der Waals surface area (Å²) in [6.07, 6.45) is 7.36. The van der Waals surface area contributed by atoms with Crippen LogP contribution in [0, 0.1) is 5.92 Å². The second kappa shape index (κ2) is 5.23. The lowest BCUT2D eigenvalue weighted by atomic mass is 9.92. The molecule has 2 atom stereocenters. The van der Waals surface area contributed by atoms with Crippen molar-refractivity contribution in [1.29, 1.82) is 0 Å². The van der Waals surface area contributed by atoms with E-state index in [1.54, 1.807) is 0 Å². The summed E-state index contributed by atoms with van der Waals surface area (Å²) in [5, 5.41) is 2.83. The topological polar surface area (TPSA) is 58.5 Å². The van der Waals surface area contributed by atoms with Crippen LogP contribution in [-0.2, 0) is 9.59 Å². The minimum Gasteiger partial charge on any atom is -0.314 e. The van der Waals surface area contributed by atoms with E-state index in [0.717, 1.165) is 25.5 Å². The molecule has 0 radical (unpaired) electrons. The number of hydrogen-bond acceptors (Lipinski definition) is 3. The third-order valence-electron chi connectivity index (χ3n) is 3.40. The van der Waals surface area contributed by atoms with Gasteiger partial charge in [0, 0.05) is 12.8 Å². The first kappa shape index (κ1) is 11.3. The number of aldehydes is 1. The molecule has 0 saturated heterocycles. The van der Waals surface area contributed by atoms with Crippen molar-refractivity contribution in [3.05, 3.63) is 0 Å². The van der Waals surface area contributed by atoms with Gasteiger partial charge in [0.15, 0.2) is 0 Å². The van der Waals surface area contributed by atoms with E-state index in [2.05, 4.69) is 10.3 Å². The van der Waals surface area contributed by atoms with E-state index in [0.29, 0.717) is 18.7 Å². The van der Waals surface area contributed by atoms with Crippen LogP contribution in [0.15, 0.2) is 4.99 Å². The lowest BCUT2D eigenvalue weighted by Crippen LogP contribution is -2.45. The van der Waals surface area contributed by atoms with Gasteiger partial charge in [0.2, 0.25) is 5.91 Å². The van der Waals surface area contributed by atoms with E-state index < -0.39 is 0 Å². The summed E-state index contributed by atoms with van der Waals surface area (Å²) in [7, 11) is 0. The molecule has 16 heavy (non-hydrogen) atoms. The number of hydrogen-bond donors (Lipinski definition) is 1. The molecule has 2 aliphatic rings. The third kappa shape index (κ3) is 2.49. The Morgan fingerprint density at radius 3 is 2.94 bits per heavy atom. The average Bonchev–Trinajstić information content (AvgIpc) is 2.51. The molecule has 2 unspecified atom stereocenters. The van der Waals surface area contributed by atoms with Crippen LogP contribution in [0.4, 0.5) is 0 Å². The Kier molecular flexibility index (Phi) is 3.70. The maximum absolute atomic E-state index is 11.9. The van der Waals surface area contributed by atoms with Gasteiger partial charge in [0.1, 0.15) is 12.1 Å². The number of nitrogens with zero attached hydrogens (tertiary/aromatic N) is 1. The number of rotatable bonds is 3. The van der Waals surface area contributed by atoms with Gasteiger partial charge in [0.25, 0.3) is 0 Å². The Morgan fingerprint density at radius 1 is 1.31 bits per heavy atom. The van der Waals surface area contributed by atoms with Crippen molar-refractivity contribution >= 4 is 18.0 Å². The molecule has 0 aromatic rings. The predicted molar refractivity (Wildman–Crippen MR) is 61.2 cm³/mol. The summed E-state index contributed by atoms with van der Waals surface area (Å²) in [5.41, 5.74) is 0. The van der Waals surface area contributed by atoms with Crippen LogP contribution in [0.25, 0.3) is 0 Å². The Bertz CT molecular complexity index is 312. The van der Waals surface area contributed by atoms with Gasteiger partial charge in [-0.2, -0.15) is 0 Å². The fraction of sp³-hybridized carbons (Fsp3) is 0.750. The highest BCUT2D eigenvalue weighted by Gasteiger charge is 2.33. The average molecular weight is 222 g/mol. The van der Waals surface area contributed by atoms with Gasteiger partial charge in [-0.05, 0) is 12.8 Å². The second-order valence-corrected chi connectivity index (χ2v) is 4.58. The molecule has 1 aliphatic carbocycles. The molecule has 1 saturated carbocycles.